The molecule has 0 amide bonds. The van der Waals surface area contributed by atoms with Crippen LogP contribution in [0.25, 0.3) is 0 Å². The molecule has 0 aliphatic carbocycles. The van der Waals surface area contributed by atoms with Crippen molar-refractivity contribution in [1.82, 2.24) is 0 Å². The number of carbonyl (C=O) groups excluding carboxylic acids is 1. The predicted molar refractivity (Wildman–Crippen MR) is 80.4 cm³/mol. The third-order valence-electron chi connectivity index (χ3n) is 3.78. The highest BCUT2D eigenvalue weighted by atomic mass is 16.5. The third-order valence-corrected chi connectivity index (χ3v) is 3.78. The second-order valence-electron chi connectivity index (χ2n) is 5.32. The number of aliphatic hydroxyl groups is 1. The Balaban J connectivity index is 2.68. The van der Waals surface area contributed by atoms with Gasteiger partial charge >= 0.3 is 5.97 Å². The van der Waals surface area contributed by atoms with Gasteiger partial charge < -0.3 is 9.84 Å². The van der Waals surface area contributed by atoms with E-state index in [1.165, 1.54) is 5.56 Å². The van der Waals surface area contributed by atoms with Crippen LogP contribution in [0.2, 0.25) is 0 Å². The number of benzene rings is 1. The second kappa shape index (κ2) is 8.05. The van der Waals surface area contributed by atoms with Crippen LogP contribution in [0.3, 0.4) is 0 Å². The quantitative estimate of drug-likeness (QED) is 0.742. The summed E-state index contributed by atoms with van der Waals surface area (Å²) in [7, 11) is 0. The molecule has 0 aromatic heterocycles. The fraction of sp³-hybridized carbons (Fsp3) is 0.588. The van der Waals surface area contributed by atoms with Gasteiger partial charge in [0.1, 0.15) is 0 Å². The van der Waals surface area contributed by atoms with Crippen LogP contribution in [0.4, 0.5) is 0 Å². The molecule has 112 valence electrons. The molecule has 1 rings (SSSR count). The van der Waals surface area contributed by atoms with E-state index in [1.54, 1.807) is 6.92 Å². The fourth-order valence-electron chi connectivity index (χ4n) is 2.45. The molecule has 0 heterocycles. The van der Waals surface area contributed by atoms with E-state index in [4.69, 9.17) is 4.74 Å². The molecule has 0 bridgehead atoms. The molecule has 1 aromatic rings. The van der Waals surface area contributed by atoms with Crippen molar-refractivity contribution in [3.63, 3.8) is 0 Å². The zero-order chi connectivity index (χ0) is 15.0. The molecule has 0 saturated heterocycles. The molecule has 0 radical (unpaired) electrons. The predicted octanol–water partition coefficient (Wildman–Crippen LogP) is 3.35. The molecule has 0 fully saturated rings. The van der Waals surface area contributed by atoms with E-state index in [0.29, 0.717) is 13.0 Å². The van der Waals surface area contributed by atoms with Crippen molar-refractivity contribution in [2.24, 2.45) is 5.92 Å². The monoisotopic (exact) mass is 278 g/mol. The standard InChI is InChI=1S/C17H26O3/c1-4-13-17(19,16(18)20-5-2)14(3)11-12-15-9-7-6-8-10-15/h6-10,14,19H,4-5,11-13H2,1-3H3. The first-order valence-corrected chi connectivity index (χ1v) is 7.48. The minimum Gasteiger partial charge on any atom is -0.464 e. The van der Waals surface area contributed by atoms with Gasteiger partial charge in [-0.15, -0.1) is 0 Å². The molecular weight excluding hydrogens is 252 g/mol. The van der Waals surface area contributed by atoms with Crippen LogP contribution in [-0.2, 0) is 16.0 Å². The zero-order valence-electron chi connectivity index (χ0n) is 12.8. The zero-order valence-corrected chi connectivity index (χ0v) is 12.8. The molecule has 3 heteroatoms. The molecule has 0 aliphatic rings. The maximum atomic E-state index is 12.0. The first kappa shape index (κ1) is 16.7. The highest BCUT2D eigenvalue weighted by Gasteiger charge is 2.41. The number of carbonyl (C=O) groups is 1. The lowest BCUT2D eigenvalue weighted by Crippen LogP contribution is -2.46. The molecule has 1 N–H and O–H groups in total. The average molecular weight is 278 g/mol. The molecule has 0 saturated carbocycles. The van der Waals surface area contributed by atoms with Crippen LogP contribution in [0, 0.1) is 5.92 Å². The van der Waals surface area contributed by atoms with E-state index in [0.717, 1.165) is 19.3 Å². The summed E-state index contributed by atoms with van der Waals surface area (Å²) in [5.41, 5.74) is -0.137. The maximum Gasteiger partial charge on any atom is 0.338 e. The summed E-state index contributed by atoms with van der Waals surface area (Å²) in [4.78, 5) is 12.0. The normalized spacial score (nSPS) is 15.4. The van der Waals surface area contributed by atoms with Gasteiger partial charge in [0.15, 0.2) is 5.60 Å². The van der Waals surface area contributed by atoms with Crippen LogP contribution >= 0.6 is 0 Å². The van der Waals surface area contributed by atoms with Crippen LogP contribution in [0.15, 0.2) is 30.3 Å². The van der Waals surface area contributed by atoms with E-state index in [9.17, 15) is 9.90 Å². The number of rotatable bonds is 8. The Kier molecular flexibility index (Phi) is 6.73. The Morgan fingerprint density at radius 1 is 1.30 bits per heavy atom. The van der Waals surface area contributed by atoms with Crippen molar-refractivity contribution >= 4 is 5.97 Å². The Morgan fingerprint density at radius 2 is 1.95 bits per heavy atom. The van der Waals surface area contributed by atoms with Crippen molar-refractivity contribution < 1.29 is 14.6 Å². The lowest BCUT2D eigenvalue weighted by atomic mass is 9.81. The van der Waals surface area contributed by atoms with Gasteiger partial charge in [0.2, 0.25) is 0 Å². The largest absolute Gasteiger partial charge is 0.464 e. The number of esters is 1. The van der Waals surface area contributed by atoms with Crippen molar-refractivity contribution in [1.29, 1.82) is 0 Å². The van der Waals surface area contributed by atoms with Crippen LogP contribution in [-0.4, -0.2) is 23.3 Å². The third kappa shape index (κ3) is 4.34. The van der Waals surface area contributed by atoms with Gasteiger partial charge in [0.05, 0.1) is 6.61 Å². The molecule has 0 aliphatic heterocycles. The van der Waals surface area contributed by atoms with Gasteiger partial charge in [0, 0.05) is 0 Å². The first-order chi connectivity index (χ1) is 9.54. The Bertz CT molecular complexity index is 402. The highest BCUT2D eigenvalue weighted by Crippen LogP contribution is 2.28. The summed E-state index contributed by atoms with van der Waals surface area (Å²) in [6.07, 6.45) is 2.82. The van der Waals surface area contributed by atoms with Crippen LogP contribution < -0.4 is 0 Å². The smallest absolute Gasteiger partial charge is 0.338 e. The topological polar surface area (TPSA) is 46.5 Å². The summed E-state index contributed by atoms with van der Waals surface area (Å²) in [5, 5.41) is 10.7. The van der Waals surface area contributed by atoms with E-state index in [1.807, 2.05) is 32.0 Å². The number of hydrogen-bond donors (Lipinski definition) is 1. The van der Waals surface area contributed by atoms with E-state index in [-0.39, 0.29) is 5.92 Å². The van der Waals surface area contributed by atoms with E-state index < -0.39 is 11.6 Å². The molecule has 20 heavy (non-hydrogen) atoms. The van der Waals surface area contributed by atoms with E-state index >= 15 is 0 Å². The SMILES string of the molecule is CCCC(O)(C(=O)OCC)C(C)CCc1ccccc1. The Morgan fingerprint density at radius 3 is 2.50 bits per heavy atom. The van der Waals surface area contributed by atoms with Crippen molar-refractivity contribution in [3.05, 3.63) is 35.9 Å². The highest BCUT2D eigenvalue weighted by molar-refractivity contribution is 5.79. The van der Waals surface area contributed by atoms with Gasteiger partial charge in [-0.3, -0.25) is 0 Å². The van der Waals surface area contributed by atoms with Crippen LogP contribution in [0.1, 0.15) is 45.6 Å². The lowest BCUT2D eigenvalue weighted by molar-refractivity contribution is -0.172. The van der Waals surface area contributed by atoms with Gasteiger partial charge in [-0.2, -0.15) is 0 Å². The fourth-order valence-corrected chi connectivity index (χ4v) is 2.45. The lowest BCUT2D eigenvalue weighted by Gasteiger charge is -2.31. The number of hydrogen-bond acceptors (Lipinski definition) is 3. The number of ether oxygens (including phenoxy) is 1. The van der Waals surface area contributed by atoms with E-state index in [2.05, 4.69) is 12.1 Å². The summed E-state index contributed by atoms with van der Waals surface area (Å²) in [5.74, 6) is -0.607. The number of aryl methyl sites for hydroxylation is 1. The molecule has 1 aromatic carbocycles. The minimum absolute atomic E-state index is 0.123. The Labute approximate surface area is 122 Å². The van der Waals surface area contributed by atoms with Gasteiger partial charge in [0.25, 0.3) is 0 Å². The summed E-state index contributed by atoms with van der Waals surface area (Å²) in [6.45, 7) is 5.96. The van der Waals surface area contributed by atoms with Crippen LogP contribution in [0.5, 0.6) is 0 Å². The maximum absolute atomic E-state index is 12.0. The summed E-state index contributed by atoms with van der Waals surface area (Å²) < 4.78 is 5.04. The molecule has 2 unspecified atom stereocenters. The van der Waals surface area contributed by atoms with Gasteiger partial charge in [-0.1, -0.05) is 50.6 Å². The summed E-state index contributed by atoms with van der Waals surface area (Å²) >= 11 is 0. The van der Waals surface area contributed by atoms with Crippen molar-refractivity contribution in [2.75, 3.05) is 6.61 Å². The first-order valence-electron chi connectivity index (χ1n) is 7.48. The van der Waals surface area contributed by atoms with Crippen molar-refractivity contribution in [2.45, 2.75) is 52.1 Å². The summed E-state index contributed by atoms with van der Waals surface area (Å²) in [6, 6.07) is 10.1. The molecule has 0 spiro atoms. The van der Waals surface area contributed by atoms with Crippen molar-refractivity contribution in [3.8, 4) is 0 Å². The molecule has 2 atom stereocenters. The molecule has 3 nitrogen and oxygen atoms in total. The molecular formula is C17H26O3. The Hall–Kier alpha value is -1.35. The van der Waals surface area contributed by atoms with Gasteiger partial charge in [-0.25, -0.2) is 4.79 Å². The van der Waals surface area contributed by atoms with Gasteiger partial charge in [-0.05, 0) is 37.7 Å². The minimum atomic E-state index is -1.36. The second-order valence-corrected chi connectivity index (χ2v) is 5.32. The average Bonchev–Trinajstić information content (AvgIpc) is 2.46.